The van der Waals surface area contributed by atoms with E-state index in [1.165, 1.54) is 0 Å². The van der Waals surface area contributed by atoms with Crippen molar-refractivity contribution < 1.29 is 24.5 Å². The van der Waals surface area contributed by atoms with Crippen LogP contribution in [0.15, 0.2) is 11.3 Å². The van der Waals surface area contributed by atoms with Crippen molar-refractivity contribution in [3.05, 3.63) is 11.3 Å². The van der Waals surface area contributed by atoms with Gasteiger partial charge in [0.05, 0.1) is 6.61 Å². The SMILES string of the molecule is CC1=C(N[C@@H]2C3OC[C@](C)(O3)[C@H](O)[C@@H]2O)C(=O)NC1. The second-order valence-electron chi connectivity index (χ2n) is 5.55. The van der Waals surface area contributed by atoms with Crippen molar-refractivity contribution in [2.24, 2.45) is 0 Å². The molecule has 0 aromatic carbocycles. The van der Waals surface area contributed by atoms with Crippen molar-refractivity contribution in [3.63, 3.8) is 0 Å². The lowest BCUT2D eigenvalue weighted by molar-refractivity contribution is -0.217. The third kappa shape index (κ3) is 1.85. The van der Waals surface area contributed by atoms with Crippen LogP contribution in [-0.2, 0) is 14.3 Å². The average molecular weight is 270 g/mol. The van der Waals surface area contributed by atoms with E-state index in [2.05, 4.69) is 10.6 Å². The van der Waals surface area contributed by atoms with E-state index in [1.54, 1.807) is 6.92 Å². The first-order valence-corrected chi connectivity index (χ1v) is 6.32. The molecule has 7 heteroatoms. The summed E-state index contributed by atoms with van der Waals surface area (Å²) in [5.74, 6) is -0.217. The number of aliphatic hydroxyl groups excluding tert-OH is 2. The Balaban J connectivity index is 1.82. The van der Waals surface area contributed by atoms with E-state index >= 15 is 0 Å². The van der Waals surface area contributed by atoms with Gasteiger partial charge in [0.25, 0.3) is 5.91 Å². The predicted octanol–water partition coefficient (Wildman–Crippen LogP) is -1.78. The van der Waals surface area contributed by atoms with Crippen LogP contribution in [0.5, 0.6) is 0 Å². The van der Waals surface area contributed by atoms with Crippen LogP contribution in [0.4, 0.5) is 0 Å². The van der Waals surface area contributed by atoms with Gasteiger partial charge >= 0.3 is 0 Å². The molecule has 0 aromatic heterocycles. The first kappa shape index (κ1) is 12.9. The monoisotopic (exact) mass is 270 g/mol. The summed E-state index contributed by atoms with van der Waals surface area (Å²) in [6.45, 7) is 4.23. The van der Waals surface area contributed by atoms with Crippen molar-refractivity contribution in [2.75, 3.05) is 13.2 Å². The number of carbonyl (C=O) groups is 1. The Morgan fingerprint density at radius 2 is 2.21 bits per heavy atom. The average Bonchev–Trinajstić information content (AvgIpc) is 2.88. The standard InChI is InChI=1S/C12H18N2O5/c1-5-3-13-10(17)6(5)14-7-8(15)9(16)12(2)4-18-11(7)19-12/h7-9,11,14-16H,3-4H2,1-2H3,(H,13,17)/t7-,8+,9+,11?,12-/m0/s1. The van der Waals surface area contributed by atoms with Crippen LogP contribution in [0.3, 0.4) is 0 Å². The van der Waals surface area contributed by atoms with Crippen molar-refractivity contribution in [1.82, 2.24) is 10.6 Å². The molecule has 0 spiro atoms. The van der Waals surface area contributed by atoms with Gasteiger partial charge in [-0.15, -0.1) is 0 Å². The minimum Gasteiger partial charge on any atom is -0.388 e. The van der Waals surface area contributed by atoms with Crippen LogP contribution in [-0.4, -0.2) is 59.4 Å². The molecule has 3 aliphatic heterocycles. The summed E-state index contributed by atoms with van der Waals surface area (Å²) in [4.78, 5) is 11.7. The molecular formula is C12H18N2O5. The Kier molecular flexibility index (Phi) is 2.82. The third-order valence-corrected chi connectivity index (χ3v) is 4.01. The van der Waals surface area contributed by atoms with Gasteiger partial charge in [0, 0.05) is 6.54 Å². The molecule has 0 saturated carbocycles. The van der Waals surface area contributed by atoms with Gasteiger partial charge in [-0.1, -0.05) is 0 Å². The Hall–Kier alpha value is -1.15. The minimum atomic E-state index is -1.06. The zero-order chi connectivity index (χ0) is 13.8. The molecule has 4 N–H and O–H groups in total. The number of hydrogen-bond acceptors (Lipinski definition) is 6. The molecule has 1 amide bonds. The fraction of sp³-hybridized carbons (Fsp3) is 0.750. The van der Waals surface area contributed by atoms with Gasteiger partial charge in [0.1, 0.15) is 29.5 Å². The number of fused-ring (bicyclic) bond motifs is 2. The lowest BCUT2D eigenvalue weighted by Crippen LogP contribution is -2.63. The highest BCUT2D eigenvalue weighted by molar-refractivity contribution is 5.96. The summed E-state index contributed by atoms with van der Waals surface area (Å²) in [7, 11) is 0. The largest absolute Gasteiger partial charge is 0.388 e. The van der Waals surface area contributed by atoms with Crippen LogP contribution in [0, 0.1) is 0 Å². The Bertz CT molecular complexity index is 451. The number of hydrogen-bond donors (Lipinski definition) is 4. The zero-order valence-corrected chi connectivity index (χ0v) is 10.8. The summed E-state index contributed by atoms with van der Waals surface area (Å²) in [6, 6.07) is -0.667. The van der Waals surface area contributed by atoms with Crippen molar-refractivity contribution >= 4 is 5.91 Å². The molecule has 3 rings (SSSR count). The first-order chi connectivity index (χ1) is 8.92. The van der Waals surface area contributed by atoms with Gasteiger partial charge < -0.3 is 30.3 Å². The van der Waals surface area contributed by atoms with Gasteiger partial charge in [-0.25, -0.2) is 0 Å². The van der Waals surface area contributed by atoms with Gasteiger partial charge in [-0.3, -0.25) is 4.79 Å². The smallest absolute Gasteiger partial charge is 0.267 e. The summed E-state index contributed by atoms with van der Waals surface area (Å²) < 4.78 is 11.1. The molecule has 19 heavy (non-hydrogen) atoms. The topological polar surface area (TPSA) is 100 Å². The maximum Gasteiger partial charge on any atom is 0.267 e. The van der Waals surface area contributed by atoms with Crippen LogP contribution >= 0.6 is 0 Å². The summed E-state index contributed by atoms with van der Waals surface area (Å²) in [5.41, 5.74) is 0.390. The van der Waals surface area contributed by atoms with E-state index in [-0.39, 0.29) is 12.5 Å². The molecule has 0 aliphatic carbocycles. The highest BCUT2D eigenvalue weighted by Crippen LogP contribution is 2.36. The molecule has 5 atom stereocenters. The molecule has 1 unspecified atom stereocenters. The molecule has 2 bridgehead atoms. The summed E-state index contributed by atoms with van der Waals surface area (Å²) in [5, 5.41) is 25.9. The molecule has 0 aromatic rings. The Labute approximate surface area is 110 Å². The number of carbonyl (C=O) groups excluding carboxylic acids is 1. The van der Waals surface area contributed by atoms with Crippen LogP contribution in [0.25, 0.3) is 0 Å². The van der Waals surface area contributed by atoms with Crippen molar-refractivity contribution in [3.8, 4) is 0 Å². The van der Waals surface area contributed by atoms with Crippen molar-refractivity contribution in [1.29, 1.82) is 0 Å². The van der Waals surface area contributed by atoms with E-state index in [1.807, 2.05) is 6.92 Å². The molecule has 0 radical (unpaired) electrons. The summed E-state index contributed by atoms with van der Waals surface area (Å²) >= 11 is 0. The number of rotatable bonds is 2. The number of ether oxygens (including phenoxy) is 2. The van der Waals surface area contributed by atoms with Crippen LogP contribution in [0.2, 0.25) is 0 Å². The van der Waals surface area contributed by atoms with Gasteiger partial charge in [0.15, 0.2) is 6.29 Å². The molecular weight excluding hydrogens is 252 g/mol. The normalized spacial score (nSPS) is 45.6. The molecule has 2 fully saturated rings. The zero-order valence-electron chi connectivity index (χ0n) is 10.8. The Morgan fingerprint density at radius 3 is 2.84 bits per heavy atom. The molecule has 3 heterocycles. The number of nitrogens with one attached hydrogen (secondary N) is 2. The molecule has 3 aliphatic rings. The predicted molar refractivity (Wildman–Crippen MR) is 63.9 cm³/mol. The first-order valence-electron chi connectivity index (χ1n) is 6.32. The van der Waals surface area contributed by atoms with Crippen molar-refractivity contribution in [2.45, 2.75) is 44.0 Å². The maximum absolute atomic E-state index is 11.7. The van der Waals surface area contributed by atoms with E-state index in [0.717, 1.165) is 5.57 Å². The molecule has 2 saturated heterocycles. The lowest BCUT2D eigenvalue weighted by Gasteiger charge is -2.41. The van der Waals surface area contributed by atoms with Gasteiger partial charge in [-0.05, 0) is 19.4 Å². The van der Waals surface area contributed by atoms with E-state index in [4.69, 9.17) is 9.47 Å². The number of aliphatic hydroxyl groups is 2. The molecule has 7 nitrogen and oxygen atoms in total. The van der Waals surface area contributed by atoms with E-state index < -0.39 is 30.1 Å². The lowest BCUT2D eigenvalue weighted by atomic mass is 9.89. The highest BCUT2D eigenvalue weighted by atomic mass is 16.7. The van der Waals surface area contributed by atoms with Gasteiger partial charge in [-0.2, -0.15) is 0 Å². The van der Waals surface area contributed by atoms with E-state index in [9.17, 15) is 15.0 Å². The van der Waals surface area contributed by atoms with E-state index in [0.29, 0.717) is 12.2 Å². The maximum atomic E-state index is 11.7. The second kappa shape index (κ2) is 4.17. The number of amides is 1. The van der Waals surface area contributed by atoms with Gasteiger partial charge in [0.2, 0.25) is 0 Å². The minimum absolute atomic E-state index is 0.217. The highest BCUT2D eigenvalue weighted by Gasteiger charge is 2.57. The fourth-order valence-electron chi connectivity index (χ4n) is 2.72. The fourth-order valence-corrected chi connectivity index (χ4v) is 2.72. The summed E-state index contributed by atoms with van der Waals surface area (Å²) in [6.07, 6.45) is -2.79. The van der Waals surface area contributed by atoms with Crippen LogP contribution in [0.1, 0.15) is 13.8 Å². The van der Waals surface area contributed by atoms with Crippen LogP contribution < -0.4 is 10.6 Å². The Morgan fingerprint density at radius 1 is 1.47 bits per heavy atom. The second-order valence-corrected chi connectivity index (χ2v) is 5.55. The third-order valence-electron chi connectivity index (χ3n) is 4.01. The quantitative estimate of drug-likeness (QED) is 0.473. The molecule has 106 valence electrons.